The van der Waals surface area contributed by atoms with E-state index in [1.807, 2.05) is 0 Å². The Morgan fingerprint density at radius 1 is 1.40 bits per heavy atom. The van der Waals surface area contributed by atoms with Gasteiger partial charge >= 0.3 is 6.98 Å². The van der Waals surface area contributed by atoms with Crippen molar-refractivity contribution in [3.8, 4) is 0 Å². The van der Waals surface area contributed by atoms with E-state index in [-0.39, 0.29) is 5.76 Å². The van der Waals surface area contributed by atoms with Crippen LogP contribution < -0.4 is 5.46 Å². The quantitative estimate of drug-likeness (QED) is 0.553. The van der Waals surface area contributed by atoms with E-state index in [2.05, 4.69) is 4.42 Å². The molecular formula is C5H5BF3O-. The molecule has 0 aliphatic heterocycles. The predicted octanol–water partition coefficient (Wildman–Crippen LogP) is 1.64. The van der Waals surface area contributed by atoms with Crippen LogP contribution in [0.25, 0.3) is 0 Å². The monoisotopic (exact) mass is 149 g/mol. The third-order valence-corrected chi connectivity index (χ3v) is 1.25. The van der Waals surface area contributed by atoms with Crippen LogP contribution in [0.15, 0.2) is 16.7 Å². The molecule has 0 fully saturated rings. The minimum Gasteiger partial charge on any atom is -0.473 e. The summed E-state index contributed by atoms with van der Waals surface area (Å²) >= 11 is 0. The molecule has 0 unspecified atom stereocenters. The molecule has 1 rings (SSSR count). The van der Waals surface area contributed by atoms with E-state index in [9.17, 15) is 12.9 Å². The fourth-order valence-corrected chi connectivity index (χ4v) is 0.734. The second-order valence-electron chi connectivity index (χ2n) is 2.01. The zero-order valence-electron chi connectivity index (χ0n) is 5.27. The number of hydrogen-bond acceptors (Lipinski definition) is 1. The lowest BCUT2D eigenvalue weighted by Gasteiger charge is -2.11. The molecule has 0 saturated heterocycles. The van der Waals surface area contributed by atoms with Crippen molar-refractivity contribution in [1.82, 2.24) is 0 Å². The van der Waals surface area contributed by atoms with Gasteiger partial charge in [-0.3, -0.25) is 0 Å². The van der Waals surface area contributed by atoms with E-state index >= 15 is 0 Å². The van der Waals surface area contributed by atoms with E-state index in [1.54, 1.807) is 0 Å². The highest BCUT2D eigenvalue weighted by atomic mass is 19.4. The van der Waals surface area contributed by atoms with Crippen LogP contribution in [-0.4, -0.2) is 6.98 Å². The van der Waals surface area contributed by atoms with Crippen molar-refractivity contribution in [1.29, 1.82) is 0 Å². The number of hydrogen-bond donors (Lipinski definition) is 0. The smallest absolute Gasteiger partial charge is 0.473 e. The van der Waals surface area contributed by atoms with Gasteiger partial charge in [0.2, 0.25) is 0 Å². The molecule has 1 nitrogen and oxygen atoms in total. The van der Waals surface area contributed by atoms with Crippen LogP contribution in [0.3, 0.4) is 0 Å². The first kappa shape index (κ1) is 7.24. The van der Waals surface area contributed by atoms with E-state index in [0.29, 0.717) is 0 Å². The van der Waals surface area contributed by atoms with Crippen LogP contribution in [0.4, 0.5) is 12.9 Å². The fourth-order valence-electron chi connectivity index (χ4n) is 0.734. The first-order chi connectivity index (χ1) is 4.52. The lowest BCUT2D eigenvalue weighted by molar-refractivity contribution is 0.493. The van der Waals surface area contributed by atoms with Crippen molar-refractivity contribution >= 4 is 12.4 Å². The number of furan rings is 1. The minimum absolute atomic E-state index is 0.0625. The Hall–Kier alpha value is -0.865. The normalized spacial score (nSPS) is 12.0. The molecule has 5 heteroatoms. The molecule has 0 spiro atoms. The van der Waals surface area contributed by atoms with Crippen molar-refractivity contribution in [3.63, 3.8) is 0 Å². The van der Waals surface area contributed by atoms with Crippen molar-refractivity contribution in [2.24, 2.45) is 0 Å². The lowest BCUT2D eigenvalue weighted by Crippen LogP contribution is -2.34. The summed E-state index contributed by atoms with van der Waals surface area (Å²) in [5.41, 5.74) is -0.639. The van der Waals surface area contributed by atoms with Crippen molar-refractivity contribution < 1.29 is 17.4 Å². The number of aryl methyl sites for hydroxylation is 1. The third-order valence-electron chi connectivity index (χ3n) is 1.25. The maximum atomic E-state index is 11.9. The summed E-state index contributed by atoms with van der Waals surface area (Å²) < 4.78 is 40.1. The molecule has 0 aromatic carbocycles. The highest BCUT2D eigenvalue weighted by molar-refractivity contribution is 6.73. The molecule has 0 aliphatic rings. The minimum atomic E-state index is -4.88. The zero-order chi connectivity index (χ0) is 7.78. The fraction of sp³-hybridized carbons (Fsp3) is 0.200. The van der Waals surface area contributed by atoms with Gasteiger partial charge in [-0.25, -0.2) is 0 Å². The lowest BCUT2D eigenvalue weighted by atomic mass is 9.80. The Kier molecular flexibility index (Phi) is 1.50. The average Bonchev–Trinajstić information content (AvgIpc) is 2.11. The van der Waals surface area contributed by atoms with Gasteiger partial charge in [0.05, 0.1) is 12.0 Å². The molecule has 1 heterocycles. The van der Waals surface area contributed by atoms with Crippen molar-refractivity contribution in [2.75, 3.05) is 0 Å². The number of rotatable bonds is 1. The maximum absolute atomic E-state index is 11.9. The van der Waals surface area contributed by atoms with Crippen molar-refractivity contribution in [3.05, 3.63) is 18.1 Å². The van der Waals surface area contributed by atoms with Crippen LogP contribution in [-0.2, 0) is 0 Å². The first-order valence-corrected chi connectivity index (χ1v) is 2.76. The van der Waals surface area contributed by atoms with Gasteiger partial charge in [-0.1, -0.05) is 11.5 Å². The molecule has 0 amide bonds. The van der Waals surface area contributed by atoms with Gasteiger partial charge in [-0.15, -0.1) is 0 Å². The molecular weight excluding hydrogens is 144 g/mol. The molecule has 0 radical (unpaired) electrons. The summed E-state index contributed by atoms with van der Waals surface area (Å²) in [5, 5.41) is 0. The van der Waals surface area contributed by atoms with Gasteiger partial charge in [0.15, 0.2) is 0 Å². The van der Waals surface area contributed by atoms with Gasteiger partial charge in [-0.05, 0) is 6.92 Å². The second-order valence-corrected chi connectivity index (χ2v) is 2.01. The molecule has 10 heavy (non-hydrogen) atoms. The molecule has 0 N–H and O–H groups in total. The largest absolute Gasteiger partial charge is 0.513 e. The summed E-state index contributed by atoms with van der Waals surface area (Å²) in [6.45, 7) is -3.59. The Balaban J connectivity index is 3.05. The van der Waals surface area contributed by atoms with Gasteiger partial charge in [0.1, 0.15) is 0 Å². The molecule has 0 saturated carbocycles. The number of halogens is 3. The topological polar surface area (TPSA) is 13.1 Å². The van der Waals surface area contributed by atoms with E-state index in [1.165, 1.54) is 6.92 Å². The van der Waals surface area contributed by atoms with Crippen LogP contribution >= 0.6 is 0 Å². The molecule has 1 aromatic heterocycles. The standard InChI is InChI=1S/C5H5BF3O/c1-4-5(2-3-10-4)6(7,8)9/h2-3H,1H3/q-1. The molecule has 0 bridgehead atoms. The summed E-state index contributed by atoms with van der Waals surface area (Å²) in [5.74, 6) is -0.0625. The summed E-state index contributed by atoms with van der Waals surface area (Å²) in [6, 6.07) is 0.940. The molecule has 56 valence electrons. The molecule has 0 atom stereocenters. The van der Waals surface area contributed by atoms with Gasteiger partial charge in [-0.2, -0.15) is 0 Å². The van der Waals surface area contributed by atoms with E-state index in [0.717, 1.165) is 12.3 Å². The zero-order valence-corrected chi connectivity index (χ0v) is 5.27. The van der Waals surface area contributed by atoms with Gasteiger partial charge in [0, 0.05) is 0 Å². The predicted molar refractivity (Wildman–Crippen MR) is 32.2 cm³/mol. The Labute approximate surface area is 55.9 Å². The highest BCUT2D eigenvalue weighted by Gasteiger charge is 2.28. The Bertz CT molecular complexity index is 227. The van der Waals surface area contributed by atoms with E-state index in [4.69, 9.17) is 0 Å². The van der Waals surface area contributed by atoms with Gasteiger partial charge < -0.3 is 17.4 Å². The van der Waals surface area contributed by atoms with Crippen molar-refractivity contribution in [2.45, 2.75) is 6.92 Å². The summed E-state index contributed by atoms with van der Waals surface area (Å²) in [6.07, 6.45) is 1.04. The van der Waals surface area contributed by atoms with Crippen LogP contribution in [0.5, 0.6) is 0 Å². The van der Waals surface area contributed by atoms with E-state index < -0.39 is 12.4 Å². The summed E-state index contributed by atoms with van der Waals surface area (Å²) in [4.78, 5) is 0. The first-order valence-electron chi connectivity index (χ1n) is 2.76. The molecule has 0 aliphatic carbocycles. The summed E-state index contributed by atoms with van der Waals surface area (Å²) in [7, 11) is 0. The van der Waals surface area contributed by atoms with Gasteiger partial charge in [0.25, 0.3) is 0 Å². The highest BCUT2D eigenvalue weighted by Crippen LogP contribution is 2.11. The molecule has 1 aromatic rings. The third kappa shape index (κ3) is 1.17. The SMILES string of the molecule is Cc1occc1[B-](F)(F)F. The maximum Gasteiger partial charge on any atom is 0.513 e. The Morgan fingerprint density at radius 2 is 2.00 bits per heavy atom. The van der Waals surface area contributed by atoms with Crippen LogP contribution in [0.2, 0.25) is 0 Å². The van der Waals surface area contributed by atoms with Crippen LogP contribution in [0.1, 0.15) is 5.76 Å². The Morgan fingerprint density at radius 3 is 2.20 bits per heavy atom. The van der Waals surface area contributed by atoms with Crippen LogP contribution in [0, 0.1) is 6.92 Å². The average molecular weight is 149 g/mol. The second kappa shape index (κ2) is 2.07.